The number of Topliss-reactive ketones (excluding diaryl/α,β-unsaturated/α-hetero) is 1. The molecule has 0 radical (unpaired) electrons. The first-order valence-corrected chi connectivity index (χ1v) is 14.6. The predicted molar refractivity (Wildman–Crippen MR) is 135 cm³/mol. The molecule has 1 heterocycles. The molecule has 2 atom stereocenters. The molecule has 0 bridgehead atoms. The summed E-state index contributed by atoms with van der Waals surface area (Å²) >= 11 is 0. The van der Waals surface area contributed by atoms with E-state index in [4.69, 9.17) is 0 Å². The van der Waals surface area contributed by atoms with E-state index in [-0.39, 0.29) is 59.5 Å². The van der Waals surface area contributed by atoms with Crippen molar-refractivity contribution < 1.29 is 62.0 Å². The van der Waals surface area contributed by atoms with Crippen molar-refractivity contribution in [3.8, 4) is 0 Å². The van der Waals surface area contributed by atoms with E-state index in [0.717, 1.165) is 19.3 Å². The monoisotopic (exact) mass is 525 g/mol. The molecule has 198 valence electrons. The zero-order chi connectivity index (χ0) is 25.3. The third-order valence-electron chi connectivity index (χ3n) is 6.48. The third-order valence-corrected chi connectivity index (χ3v) is 7.28. The van der Waals surface area contributed by atoms with Gasteiger partial charge in [0.2, 0.25) is 5.78 Å². The second kappa shape index (κ2) is 19.9. The molecule has 35 heavy (non-hydrogen) atoms. The molecule has 0 aliphatic carbocycles. The van der Waals surface area contributed by atoms with Gasteiger partial charge in [-0.25, -0.2) is 13.4 Å². The molecule has 2 unspecified atom stereocenters. The molecule has 0 aromatic carbocycles. The van der Waals surface area contributed by atoms with Gasteiger partial charge in [0.1, 0.15) is 25.7 Å². The Kier molecular flexibility index (Phi) is 19.8. The molecule has 2 N–H and O–H groups in total. The smallest absolute Gasteiger partial charge is 0.748 e. The summed E-state index contributed by atoms with van der Waals surface area (Å²) in [6.07, 6.45) is 17.6. The number of nitrogens with zero attached hydrogens (tertiary/aromatic N) is 2. The fourth-order valence-electron chi connectivity index (χ4n) is 4.74. The number of amidine groups is 1. The summed E-state index contributed by atoms with van der Waals surface area (Å²) in [4.78, 5) is 17.2. The summed E-state index contributed by atoms with van der Waals surface area (Å²) in [5.41, 5.74) is 0. The number of quaternary nitrogens is 1. The van der Waals surface area contributed by atoms with Crippen LogP contribution in [0.1, 0.15) is 90.4 Å². The zero-order valence-electron chi connectivity index (χ0n) is 22.0. The van der Waals surface area contributed by atoms with Gasteiger partial charge >= 0.3 is 29.6 Å². The van der Waals surface area contributed by atoms with Gasteiger partial charge in [-0.2, -0.15) is 0 Å². The number of hydrogen-bond donors (Lipinski definition) is 2. The van der Waals surface area contributed by atoms with Gasteiger partial charge in [-0.15, -0.1) is 0 Å². The maximum absolute atomic E-state index is 12.8. The van der Waals surface area contributed by atoms with Gasteiger partial charge in [0.05, 0.1) is 29.0 Å². The van der Waals surface area contributed by atoms with Crippen LogP contribution in [0, 0.1) is 0 Å². The van der Waals surface area contributed by atoms with Crippen LogP contribution < -0.4 is 29.6 Å². The molecule has 1 aliphatic rings. The molecule has 0 saturated carbocycles. The second-order valence-electron chi connectivity index (χ2n) is 9.50. The van der Waals surface area contributed by atoms with Crippen LogP contribution in [0.2, 0.25) is 0 Å². The van der Waals surface area contributed by atoms with Crippen LogP contribution in [-0.4, -0.2) is 83.9 Å². The fourth-order valence-corrected chi connectivity index (χ4v) is 5.32. The van der Waals surface area contributed by atoms with Gasteiger partial charge in [-0.1, -0.05) is 69.9 Å². The SMILES string of the molecule is C/C=C/CCCCCCCCCCCCCC(=O)C1=NCC[N+]1(CCO)CC(O)CS(=O)(=O)[O-].[Na+]. The number of rotatable bonds is 21. The van der Waals surface area contributed by atoms with Crippen LogP contribution in [0.15, 0.2) is 17.1 Å². The summed E-state index contributed by atoms with van der Waals surface area (Å²) in [6.45, 7) is 2.69. The maximum Gasteiger partial charge on any atom is 1.00 e. The Balaban J connectivity index is 0.0000116. The Bertz CT molecular complexity index is 744. The fraction of sp³-hybridized carbons (Fsp3) is 0.840. The molecule has 1 aliphatic heterocycles. The maximum atomic E-state index is 12.8. The van der Waals surface area contributed by atoms with Crippen molar-refractivity contribution in [3.63, 3.8) is 0 Å². The van der Waals surface area contributed by atoms with E-state index in [1.807, 2.05) is 0 Å². The number of carbonyl (C=O) groups is 1. The standard InChI is InChI=1S/C25H46N2O6S.Na/c1-2-3-4-5-6-7-8-9-10-11-12-13-14-15-16-24(30)25-26-17-18-27(25,19-20-28)21-23(29)22-34(31,32)33;/h2-3,23,28-29H,4-22H2,1H3;/q;+1/b3-2+;. The van der Waals surface area contributed by atoms with Crippen molar-refractivity contribution in [2.45, 2.75) is 96.5 Å². The Morgan fingerprint density at radius 2 is 1.60 bits per heavy atom. The number of hydrogen-bond acceptors (Lipinski definition) is 7. The van der Waals surface area contributed by atoms with E-state index >= 15 is 0 Å². The van der Waals surface area contributed by atoms with Crippen LogP contribution in [0.25, 0.3) is 0 Å². The van der Waals surface area contributed by atoms with Gasteiger partial charge in [0, 0.05) is 6.42 Å². The first kappa shape index (κ1) is 34.9. The Morgan fingerprint density at radius 1 is 1.06 bits per heavy atom. The molecule has 0 spiro atoms. The summed E-state index contributed by atoms with van der Waals surface area (Å²) in [6, 6.07) is 0. The van der Waals surface area contributed by atoms with E-state index in [9.17, 15) is 28.0 Å². The minimum absolute atomic E-state index is 0. The van der Waals surface area contributed by atoms with Gasteiger partial charge in [-0.3, -0.25) is 9.28 Å². The molecule has 8 nitrogen and oxygen atoms in total. The van der Waals surface area contributed by atoms with Gasteiger partial charge in [0.25, 0.3) is 5.84 Å². The number of aliphatic hydroxyl groups excluding tert-OH is 2. The Labute approximate surface area is 234 Å². The van der Waals surface area contributed by atoms with E-state index in [2.05, 4.69) is 24.1 Å². The summed E-state index contributed by atoms with van der Waals surface area (Å²) in [7, 11) is -4.58. The van der Waals surface area contributed by atoms with E-state index in [1.54, 1.807) is 0 Å². The Hall–Kier alpha value is -0.130. The molecule has 0 aromatic heterocycles. The zero-order valence-corrected chi connectivity index (χ0v) is 24.8. The largest absolute Gasteiger partial charge is 1.00 e. The van der Waals surface area contributed by atoms with Crippen molar-refractivity contribution in [1.29, 1.82) is 0 Å². The van der Waals surface area contributed by atoms with E-state index < -0.39 is 22.0 Å². The molecule has 0 amide bonds. The predicted octanol–water partition coefficient (Wildman–Crippen LogP) is 0.334. The molecule has 0 saturated heterocycles. The number of aliphatic hydroxyl groups is 2. The molecule has 0 fully saturated rings. The van der Waals surface area contributed by atoms with Gasteiger partial charge in [-0.05, 0) is 26.2 Å². The molecule has 10 heteroatoms. The summed E-state index contributed by atoms with van der Waals surface area (Å²) in [5, 5.41) is 19.6. The van der Waals surface area contributed by atoms with Crippen LogP contribution in [0.3, 0.4) is 0 Å². The molecule has 1 rings (SSSR count). The normalized spacial score (nSPS) is 19.0. The average molecular weight is 526 g/mol. The third kappa shape index (κ3) is 15.7. The minimum Gasteiger partial charge on any atom is -0.748 e. The van der Waals surface area contributed by atoms with Crippen molar-refractivity contribution in [3.05, 3.63) is 12.2 Å². The Morgan fingerprint density at radius 3 is 2.11 bits per heavy atom. The van der Waals surface area contributed by atoms with E-state index in [1.165, 1.54) is 57.8 Å². The topological polar surface area (TPSA) is 127 Å². The number of unbranched alkanes of at least 4 members (excludes halogenated alkanes) is 11. The van der Waals surface area contributed by atoms with Crippen molar-refractivity contribution >= 4 is 21.7 Å². The average Bonchev–Trinajstić information content (AvgIpc) is 3.15. The molecular weight excluding hydrogens is 479 g/mol. The van der Waals surface area contributed by atoms with Crippen LogP contribution >= 0.6 is 0 Å². The van der Waals surface area contributed by atoms with E-state index in [0.29, 0.717) is 25.3 Å². The number of allylic oxidation sites excluding steroid dienone is 2. The number of aliphatic imine (C=N–C) groups is 1. The molecular formula is C25H46N2NaO6S+. The van der Waals surface area contributed by atoms with Crippen molar-refractivity contribution in [1.82, 2.24) is 0 Å². The van der Waals surface area contributed by atoms with Crippen LogP contribution in [0.4, 0.5) is 0 Å². The first-order valence-electron chi connectivity index (χ1n) is 13.0. The summed E-state index contributed by atoms with van der Waals surface area (Å²) < 4.78 is 32.9. The van der Waals surface area contributed by atoms with Gasteiger partial charge < -0.3 is 14.8 Å². The quantitative estimate of drug-likeness (QED) is 0.0731. The van der Waals surface area contributed by atoms with Crippen molar-refractivity contribution in [2.75, 3.05) is 38.5 Å². The number of ketones is 1. The minimum atomic E-state index is -4.58. The number of carbonyl (C=O) groups excluding carboxylic acids is 1. The summed E-state index contributed by atoms with van der Waals surface area (Å²) in [5.74, 6) is -0.726. The first-order chi connectivity index (χ1) is 16.2. The second-order valence-corrected chi connectivity index (χ2v) is 11.0. The molecule has 0 aromatic rings. The van der Waals surface area contributed by atoms with Crippen LogP contribution in [0.5, 0.6) is 0 Å². The van der Waals surface area contributed by atoms with Crippen LogP contribution in [-0.2, 0) is 14.9 Å². The van der Waals surface area contributed by atoms with Gasteiger partial charge in [0.15, 0.2) is 0 Å². The van der Waals surface area contributed by atoms with Crippen molar-refractivity contribution in [2.24, 2.45) is 4.99 Å².